The molecule has 2 aromatic heterocycles. The lowest BCUT2D eigenvalue weighted by Crippen LogP contribution is -2.11. The van der Waals surface area contributed by atoms with Crippen molar-refractivity contribution in [2.75, 3.05) is 10.6 Å². The van der Waals surface area contributed by atoms with E-state index < -0.39 is 0 Å². The van der Waals surface area contributed by atoms with Gasteiger partial charge in [-0.15, -0.1) is 0 Å². The van der Waals surface area contributed by atoms with E-state index in [1.54, 1.807) is 6.07 Å². The lowest BCUT2D eigenvalue weighted by Gasteiger charge is -2.08. The van der Waals surface area contributed by atoms with Gasteiger partial charge < -0.3 is 5.32 Å². The molecule has 0 radical (unpaired) electrons. The van der Waals surface area contributed by atoms with Crippen LogP contribution in [0.2, 0.25) is 10.3 Å². The summed E-state index contributed by atoms with van der Waals surface area (Å²) in [5.74, 6) is 0.978. The number of benzene rings is 1. The summed E-state index contributed by atoms with van der Waals surface area (Å²) in [6.07, 6.45) is 2.16. The smallest absolute Gasteiger partial charge is 0.267 e. The van der Waals surface area contributed by atoms with Crippen molar-refractivity contribution >= 4 is 57.2 Å². The maximum atomic E-state index is 12.5. The van der Waals surface area contributed by atoms with E-state index in [1.807, 2.05) is 19.1 Å². The van der Waals surface area contributed by atoms with Crippen LogP contribution in [-0.2, 0) is 6.42 Å². The molecule has 0 aliphatic rings. The van der Waals surface area contributed by atoms with Crippen LogP contribution >= 0.6 is 34.5 Å². The number of thiazole rings is 1. The number of para-hydroxylation sites is 1. The highest BCUT2D eigenvalue weighted by Gasteiger charge is 2.15. The highest BCUT2D eigenvalue weighted by molar-refractivity contribution is 7.17. The number of aromatic nitrogens is 4. The van der Waals surface area contributed by atoms with E-state index in [-0.39, 0.29) is 11.2 Å². The molecule has 3 rings (SSSR count). The zero-order valence-electron chi connectivity index (χ0n) is 15.5. The second kappa shape index (κ2) is 8.81. The average Bonchev–Trinajstić information content (AvgIpc) is 3.05. The lowest BCUT2D eigenvalue weighted by atomic mass is 10.1. The molecule has 0 aliphatic carbocycles. The van der Waals surface area contributed by atoms with Crippen molar-refractivity contribution in [3.8, 4) is 0 Å². The fourth-order valence-electron chi connectivity index (χ4n) is 2.40. The monoisotopic (exact) mass is 436 g/mol. The zero-order valence-corrected chi connectivity index (χ0v) is 17.8. The third-order valence-corrected chi connectivity index (χ3v) is 5.05. The highest BCUT2D eigenvalue weighted by atomic mass is 35.5. The summed E-state index contributed by atoms with van der Waals surface area (Å²) < 4.78 is 0. The molecule has 1 aromatic carbocycles. The summed E-state index contributed by atoms with van der Waals surface area (Å²) >= 11 is 13.3. The van der Waals surface area contributed by atoms with Crippen LogP contribution < -0.4 is 10.6 Å². The number of carbonyl (C=O) groups is 1. The van der Waals surface area contributed by atoms with Gasteiger partial charge in [-0.1, -0.05) is 48.9 Å². The lowest BCUT2D eigenvalue weighted by molar-refractivity contribution is 0.103. The van der Waals surface area contributed by atoms with Crippen LogP contribution in [0.3, 0.4) is 0 Å². The van der Waals surface area contributed by atoms with Gasteiger partial charge in [0.05, 0.1) is 16.9 Å². The molecule has 0 spiro atoms. The van der Waals surface area contributed by atoms with Gasteiger partial charge in [-0.25, -0.2) is 9.97 Å². The minimum atomic E-state index is -0.295. The van der Waals surface area contributed by atoms with Gasteiger partial charge in [0.25, 0.3) is 5.91 Å². The third kappa shape index (κ3) is 5.15. The van der Waals surface area contributed by atoms with Crippen LogP contribution in [0, 0.1) is 12.8 Å². The molecule has 0 bridgehead atoms. The SMILES string of the molecule is Cc1cccc(Cl)c1NC(=O)c1cnc(Nc2nc(Cl)nc(CC(C)C)n2)s1. The first kappa shape index (κ1) is 20.4. The Morgan fingerprint density at radius 2 is 2.00 bits per heavy atom. The van der Waals surface area contributed by atoms with Gasteiger partial charge in [0.15, 0.2) is 5.13 Å². The van der Waals surface area contributed by atoms with Crippen molar-refractivity contribution in [3.05, 3.63) is 51.0 Å². The summed E-state index contributed by atoms with van der Waals surface area (Å²) in [6, 6.07) is 5.43. The Kier molecular flexibility index (Phi) is 6.43. The fourth-order valence-corrected chi connectivity index (χ4v) is 3.55. The third-order valence-electron chi connectivity index (χ3n) is 3.65. The average molecular weight is 437 g/mol. The Morgan fingerprint density at radius 3 is 2.71 bits per heavy atom. The molecular formula is C18H18Cl2N6OS. The van der Waals surface area contributed by atoms with Crippen LogP contribution in [0.25, 0.3) is 0 Å². The van der Waals surface area contributed by atoms with Gasteiger partial charge in [0.2, 0.25) is 11.2 Å². The summed E-state index contributed by atoms with van der Waals surface area (Å²) in [7, 11) is 0. The van der Waals surface area contributed by atoms with E-state index in [2.05, 4.69) is 44.4 Å². The summed E-state index contributed by atoms with van der Waals surface area (Å²) in [5, 5.41) is 6.86. The van der Waals surface area contributed by atoms with Crippen molar-refractivity contribution < 1.29 is 4.79 Å². The molecule has 0 saturated heterocycles. The van der Waals surface area contributed by atoms with E-state index in [4.69, 9.17) is 23.2 Å². The molecule has 2 N–H and O–H groups in total. The number of nitrogens with zero attached hydrogens (tertiary/aromatic N) is 4. The second-order valence-electron chi connectivity index (χ2n) is 6.48. The molecule has 0 atom stereocenters. The summed E-state index contributed by atoms with van der Waals surface area (Å²) in [6.45, 7) is 6.01. The zero-order chi connectivity index (χ0) is 20.3. The first-order chi connectivity index (χ1) is 13.3. The first-order valence-electron chi connectivity index (χ1n) is 8.51. The Balaban J connectivity index is 1.74. The molecule has 3 aromatic rings. The van der Waals surface area contributed by atoms with Gasteiger partial charge >= 0.3 is 0 Å². The van der Waals surface area contributed by atoms with Crippen molar-refractivity contribution in [2.45, 2.75) is 27.2 Å². The minimum Gasteiger partial charge on any atom is -0.320 e. The fraction of sp³-hybridized carbons (Fsp3) is 0.278. The Hall–Kier alpha value is -2.29. The number of hydrogen-bond donors (Lipinski definition) is 2. The van der Waals surface area contributed by atoms with Gasteiger partial charge in [-0.3, -0.25) is 10.1 Å². The van der Waals surface area contributed by atoms with E-state index >= 15 is 0 Å². The van der Waals surface area contributed by atoms with Crippen molar-refractivity contribution in [3.63, 3.8) is 0 Å². The molecule has 0 fully saturated rings. The number of rotatable bonds is 6. The summed E-state index contributed by atoms with van der Waals surface area (Å²) in [5.41, 5.74) is 1.46. The van der Waals surface area contributed by atoms with Gasteiger partial charge in [0.1, 0.15) is 10.7 Å². The predicted octanol–water partition coefficient (Wildman–Crippen LogP) is 5.14. The molecule has 1 amide bonds. The van der Waals surface area contributed by atoms with E-state index in [0.717, 1.165) is 5.56 Å². The van der Waals surface area contributed by atoms with Crippen LogP contribution in [-0.4, -0.2) is 25.8 Å². The molecule has 0 aliphatic heterocycles. The topological polar surface area (TPSA) is 92.7 Å². The van der Waals surface area contributed by atoms with Gasteiger partial charge in [-0.2, -0.15) is 9.97 Å². The number of nitrogens with one attached hydrogen (secondary N) is 2. The number of carbonyl (C=O) groups excluding carboxylic acids is 1. The van der Waals surface area contributed by atoms with Crippen molar-refractivity contribution in [2.24, 2.45) is 5.92 Å². The Labute approximate surface area is 176 Å². The molecule has 7 nitrogen and oxygen atoms in total. The van der Waals surface area contributed by atoms with E-state index in [9.17, 15) is 4.79 Å². The highest BCUT2D eigenvalue weighted by Crippen LogP contribution is 2.27. The van der Waals surface area contributed by atoms with Crippen molar-refractivity contribution in [1.82, 2.24) is 19.9 Å². The summed E-state index contributed by atoms with van der Waals surface area (Å²) in [4.78, 5) is 29.7. The standard InChI is InChI=1S/C18H18Cl2N6OS/c1-9(2)7-13-22-16(20)25-17(23-13)26-18-21-8-12(28-18)15(27)24-14-10(3)5-4-6-11(14)19/h4-6,8-9H,7H2,1-3H3,(H,24,27)(H,21,22,23,25,26). The quantitative estimate of drug-likeness (QED) is 0.555. The maximum Gasteiger partial charge on any atom is 0.267 e. The molecule has 146 valence electrons. The Morgan fingerprint density at radius 1 is 1.21 bits per heavy atom. The number of anilines is 3. The number of hydrogen-bond acceptors (Lipinski definition) is 7. The maximum absolute atomic E-state index is 12.5. The molecule has 2 heterocycles. The predicted molar refractivity (Wildman–Crippen MR) is 113 cm³/mol. The van der Waals surface area contributed by atoms with Crippen LogP contribution in [0.5, 0.6) is 0 Å². The van der Waals surface area contributed by atoms with Crippen LogP contribution in [0.4, 0.5) is 16.8 Å². The number of amides is 1. The molecule has 28 heavy (non-hydrogen) atoms. The minimum absolute atomic E-state index is 0.108. The van der Waals surface area contributed by atoms with Crippen molar-refractivity contribution in [1.29, 1.82) is 0 Å². The molecule has 10 heteroatoms. The normalized spacial score (nSPS) is 10.9. The number of aryl methyl sites for hydroxylation is 1. The second-order valence-corrected chi connectivity index (χ2v) is 8.26. The largest absolute Gasteiger partial charge is 0.320 e. The Bertz CT molecular complexity index is 987. The van der Waals surface area contributed by atoms with E-state index in [0.29, 0.717) is 44.8 Å². The van der Waals surface area contributed by atoms with Crippen LogP contribution in [0.1, 0.15) is 34.9 Å². The van der Waals surface area contributed by atoms with E-state index in [1.165, 1.54) is 17.5 Å². The first-order valence-corrected chi connectivity index (χ1v) is 10.1. The molecule has 0 saturated carbocycles. The van der Waals surface area contributed by atoms with Gasteiger partial charge in [-0.05, 0) is 36.1 Å². The van der Waals surface area contributed by atoms with Crippen LogP contribution in [0.15, 0.2) is 24.4 Å². The van der Waals surface area contributed by atoms with Gasteiger partial charge in [0, 0.05) is 6.42 Å². The molecular weight excluding hydrogens is 419 g/mol. The molecule has 0 unspecified atom stereocenters. The number of halogens is 2.